The molecule has 5 nitrogen and oxygen atoms in total. The molecule has 0 heterocycles. The number of benzene rings is 1. The number of halogens is 1. The molecule has 2 saturated carbocycles. The van der Waals surface area contributed by atoms with E-state index in [0.29, 0.717) is 11.8 Å². The summed E-state index contributed by atoms with van der Waals surface area (Å²) in [5, 5.41) is 0.172. The molecule has 0 aliphatic heterocycles. The van der Waals surface area contributed by atoms with Gasteiger partial charge in [0.2, 0.25) is 10.0 Å². The molecule has 120 valence electrons. The molecule has 2 aliphatic carbocycles. The van der Waals surface area contributed by atoms with Crippen molar-refractivity contribution in [1.29, 1.82) is 0 Å². The fraction of sp³-hybridized carbons (Fsp3) is 0.533. The highest BCUT2D eigenvalue weighted by atomic mass is 35.5. The summed E-state index contributed by atoms with van der Waals surface area (Å²) >= 11 is 5.93. The van der Waals surface area contributed by atoms with E-state index in [1.54, 1.807) is 0 Å². The molecule has 2 bridgehead atoms. The molecule has 7 heteroatoms. The molecule has 0 saturated heterocycles. The van der Waals surface area contributed by atoms with Crippen LogP contribution >= 0.6 is 11.6 Å². The second-order valence-corrected chi connectivity index (χ2v) is 8.16. The van der Waals surface area contributed by atoms with Crippen LogP contribution in [-0.4, -0.2) is 27.5 Å². The normalized spacial score (nSPS) is 27.1. The van der Waals surface area contributed by atoms with Gasteiger partial charge in [-0.15, -0.1) is 0 Å². The SMILES string of the molecule is COC(=O)c1cc(S(=O)(=O)N[C@@H]2C[C@@H]3CC[C@@H]2C3)ccc1Cl. The molecular formula is C15H18ClNO4S. The van der Waals surface area contributed by atoms with Crippen molar-refractivity contribution in [3.05, 3.63) is 28.8 Å². The van der Waals surface area contributed by atoms with Crippen LogP contribution in [0.1, 0.15) is 36.0 Å². The molecule has 1 aromatic rings. The number of ether oxygens (including phenoxy) is 1. The van der Waals surface area contributed by atoms with Gasteiger partial charge in [-0.2, -0.15) is 0 Å². The Morgan fingerprint density at radius 1 is 1.32 bits per heavy atom. The van der Waals surface area contributed by atoms with Crippen LogP contribution in [0.5, 0.6) is 0 Å². The van der Waals surface area contributed by atoms with E-state index in [-0.39, 0.29) is 21.5 Å². The summed E-state index contributed by atoms with van der Waals surface area (Å²) in [4.78, 5) is 11.7. The summed E-state index contributed by atoms with van der Waals surface area (Å²) in [6.45, 7) is 0. The van der Waals surface area contributed by atoms with Crippen LogP contribution in [0.2, 0.25) is 5.02 Å². The van der Waals surface area contributed by atoms with Crippen LogP contribution in [0.3, 0.4) is 0 Å². The molecule has 0 unspecified atom stereocenters. The Hall–Kier alpha value is -1.11. The summed E-state index contributed by atoms with van der Waals surface area (Å²) < 4.78 is 32.5. The van der Waals surface area contributed by atoms with E-state index in [4.69, 9.17) is 11.6 Å². The summed E-state index contributed by atoms with van der Waals surface area (Å²) in [6, 6.07) is 4.08. The highest BCUT2D eigenvalue weighted by Gasteiger charge is 2.41. The van der Waals surface area contributed by atoms with Gasteiger partial charge in [0.15, 0.2) is 0 Å². The van der Waals surface area contributed by atoms with Gasteiger partial charge in [0.25, 0.3) is 0 Å². The molecule has 1 aromatic carbocycles. The van der Waals surface area contributed by atoms with Crippen molar-refractivity contribution in [2.75, 3.05) is 7.11 Å². The third kappa shape index (κ3) is 2.87. The van der Waals surface area contributed by atoms with E-state index in [1.807, 2.05) is 0 Å². The van der Waals surface area contributed by atoms with Crippen molar-refractivity contribution >= 4 is 27.6 Å². The number of esters is 1. The van der Waals surface area contributed by atoms with Crippen molar-refractivity contribution in [3.8, 4) is 0 Å². The number of fused-ring (bicyclic) bond motifs is 2. The Kier molecular flexibility index (Phi) is 4.18. The Morgan fingerprint density at radius 2 is 2.09 bits per heavy atom. The fourth-order valence-electron chi connectivity index (χ4n) is 3.59. The van der Waals surface area contributed by atoms with E-state index >= 15 is 0 Å². The number of hydrogen-bond donors (Lipinski definition) is 1. The number of rotatable bonds is 4. The van der Waals surface area contributed by atoms with Gasteiger partial charge in [0, 0.05) is 6.04 Å². The lowest BCUT2D eigenvalue weighted by molar-refractivity contribution is 0.0600. The lowest BCUT2D eigenvalue weighted by Crippen LogP contribution is -2.38. The molecule has 0 spiro atoms. The maximum Gasteiger partial charge on any atom is 0.339 e. The Labute approximate surface area is 135 Å². The van der Waals surface area contributed by atoms with E-state index in [9.17, 15) is 13.2 Å². The van der Waals surface area contributed by atoms with Crippen LogP contribution in [0.4, 0.5) is 0 Å². The predicted octanol–water partition coefficient (Wildman–Crippen LogP) is 2.59. The average Bonchev–Trinajstić information content (AvgIpc) is 3.08. The Balaban J connectivity index is 1.84. The van der Waals surface area contributed by atoms with Crippen LogP contribution in [0, 0.1) is 11.8 Å². The monoisotopic (exact) mass is 343 g/mol. The van der Waals surface area contributed by atoms with Gasteiger partial charge < -0.3 is 4.74 Å². The maximum atomic E-state index is 12.5. The van der Waals surface area contributed by atoms with Gasteiger partial charge in [-0.25, -0.2) is 17.9 Å². The van der Waals surface area contributed by atoms with Gasteiger partial charge in [0.05, 0.1) is 22.6 Å². The van der Waals surface area contributed by atoms with E-state index in [1.165, 1.54) is 31.7 Å². The molecule has 0 aromatic heterocycles. The zero-order valence-electron chi connectivity index (χ0n) is 12.2. The minimum absolute atomic E-state index is 0.000930. The average molecular weight is 344 g/mol. The number of methoxy groups -OCH3 is 1. The number of carbonyl (C=O) groups excluding carboxylic acids is 1. The molecule has 1 N–H and O–H groups in total. The predicted molar refractivity (Wildman–Crippen MR) is 82.3 cm³/mol. The van der Waals surface area contributed by atoms with Crippen molar-refractivity contribution in [2.24, 2.45) is 11.8 Å². The summed E-state index contributed by atoms with van der Waals surface area (Å²) in [6.07, 6.45) is 4.31. The van der Waals surface area contributed by atoms with Gasteiger partial charge in [-0.1, -0.05) is 18.0 Å². The molecule has 0 radical (unpaired) electrons. The molecule has 0 amide bonds. The first-order valence-corrected chi connectivity index (χ1v) is 9.17. The minimum Gasteiger partial charge on any atom is -0.465 e. The Bertz CT molecular complexity index is 703. The smallest absolute Gasteiger partial charge is 0.339 e. The maximum absolute atomic E-state index is 12.5. The second-order valence-electron chi connectivity index (χ2n) is 6.04. The third-order valence-electron chi connectivity index (χ3n) is 4.70. The van der Waals surface area contributed by atoms with Gasteiger partial charge in [-0.05, 0) is 49.3 Å². The standard InChI is InChI=1S/C15H18ClNO4S/c1-21-15(18)12-8-11(4-5-13(12)16)22(19,20)17-14-7-9-2-3-10(14)6-9/h4-5,8-10,14,17H,2-3,6-7H2,1H3/t9-,10-,14-/m1/s1. The van der Waals surface area contributed by atoms with Gasteiger partial charge >= 0.3 is 5.97 Å². The lowest BCUT2D eigenvalue weighted by Gasteiger charge is -2.22. The first-order valence-electron chi connectivity index (χ1n) is 7.31. The van der Waals surface area contributed by atoms with Crippen LogP contribution in [-0.2, 0) is 14.8 Å². The van der Waals surface area contributed by atoms with Crippen molar-refractivity contribution < 1.29 is 17.9 Å². The molecule has 2 aliphatic rings. The van der Waals surface area contributed by atoms with Gasteiger partial charge in [-0.3, -0.25) is 0 Å². The highest BCUT2D eigenvalue weighted by Crippen LogP contribution is 2.44. The van der Waals surface area contributed by atoms with E-state index < -0.39 is 16.0 Å². The first kappa shape index (κ1) is 15.8. The van der Waals surface area contributed by atoms with Crippen molar-refractivity contribution in [3.63, 3.8) is 0 Å². The van der Waals surface area contributed by atoms with E-state index in [0.717, 1.165) is 19.3 Å². The second kappa shape index (κ2) is 5.83. The number of sulfonamides is 1. The fourth-order valence-corrected chi connectivity index (χ4v) is 5.13. The lowest BCUT2D eigenvalue weighted by atomic mass is 9.96. The first-order chi connectivity index (χ1) is 10.4. The number of carbonyl (C=O) groups is 1. The molecule has 22 heavy (non-hydrogen) atoms. The highest BCUT2D eigenvalue weighted by molar-refractivity contribution is 7.89. The number of nitrogens with one attached hydrogen (secondary N) is 1. The van der Waals surface area contributed by atoms with Gasteiger partial charge in [0.1, 0.15) is 0 Å². The van der Waals surface area contributed by atoms with Crippen molar-refractivity contribution in [2.45, 2.75) is 36.6 Å². The topological polar surface area (TPSA) is 72.5 Å². The quantitative estimate of drug-likeness (QED) is 0.853. The van der Waals surface area contributed by atoms with E-state index in [2.05, 4.69) is 9.46 Å². The molecular weight excluding hydrogens is 326 g/mol. The molecule has 3 rings (SSSR count). The largest absolute Gasteiger partial charge is 0.465 e. The Morgan fingerprint density at radius 3 is 2.68 bits per heavy atom. The van der Waals surface area contributed by atoms with Crippen LogP contribution in [0.15, 0.2) is 23.1 Å². The van der Waals surface area contributed by atoms with Crippen LogP contribution < -0.4 is 4.72 Å². The summed E-state index contributed by atoms with van der Waals surface area (Å²) in [5.74, 6) is 0.433. The summed E-state index contributed by atoms with van der Waals surface area (Å²) in [7, 11) is -2.43. The number of hydrogen-bond acceptors (Lipinski definition) is 4. The minimum atomic E-state index is -3.66. The zero-order chi connectivity index (χ0) is 15.9. The third-order valence-corrected chi connectivity index (χ3v) is 6.52. The van der Waals surface area contributed by atoms with Crippen LogP contribution in [0.25, 0.3) is 0 Å². The molecule has 2 fully saturated rings. The van der Waals surface area contributed by atoms with Crippen molar-refractivity contribution in [1.82, 2.24) is 4.72 Å². The molecule has 3 atom stereocenters. The zero-order valence-corrected chi connectivity index (χ0v) is 13.8. The summed E-state index contributed by atoms with van der Waals surface area (Å²) in [5.41, 5.74) is 0.0555.